The minimum absolute atomic E-state index is 0.147. The van der Waals surface area contributed by atoms with E-state index in [-0.39, 0.29) is 10.9 Å². The van der Waals surface area contributed by atoms with Crippen LogP contribution in [0.15, 0.2) is 23.1 Å². The van der Waals surface area contributed by atoms with Gasteiger partial charge < -0.3 is 14.8 Å². The van der Waals surface area contributed by atoms with Crippen LogP contribution in [-0.2, 0) is 21.3 Å². The lowest BCUT2D eigenvalue weighted by molar-refractivity contribution is 0.188. The molecule has 0 spiro atoms. The summed E-state index contributed by atoms with van der Waals surface area (Å²) in [5.74, 6) is 0.342. The largest absolute Gasteiger partial charge is 0.495 e. The SMILES string of the molecule is CNCc1ccc(S(=O)(=O)NC(C)CCOC)c(OC)c1. The summed E-state index contributed by atoms with van der Waals surface area (Å²) >= 11 is 0. The van der Waals surface area contributed by atoms with Crippen molar-refractivity contribution in [3.63, 3.8) is 0 Å². The van der Waals surface area contributed by atoms with Crippen LogP contribution >= 0.6 is 0 Å². The smallest absolute Gasteiger partial charge is 0.244 e. The first-order valence-corrected chi connectivity index (χ1v) is 8.25. The average molecular weight is 316 g/mol. The summed E-state index contributed by atoms with van der Waals surface area (Å²) in [7, 11) is 1.27. The van der Waals surface area contributed by atoms with Gasteiger partial charge in [-0.1, -0.05) is 6.07 Å². The molecule has 7 heteroatoms. The van der Waals surface area contributed by atoms with Crippen molar-refractivity contribution in [3.05, 3.63) is 23.8 Å². The molecule has 1 atom stereocenters. The Morgan fingerprint density at radius 3 is 2.57 bits per heavy atom. The second-order valence-corrected chi connectivity index (χ2v) is 6.50. The molecule has 1 aromatic rings. The van der Waals surface area contributed by atoms with Crippen molar-refractivity contribution in [3.8, 4) is 5.75 Å². The highest BCUT2D eigenvalue weighted by Gasteiger charge is 2.21. The Morgan fingerprint density at radius 2 is 2.00 bits per heavy atom. The van der Waals surface area contributed by atoms with E-state index >= 15 is 0 Å². The number of rotatable bonds is 9. The summed E-state index contributed by atoms with van der Waals surface area (Å²) in [6.45, 7) is 2.95. The van der Waals surface area contributed by atoms with Crippen molar-refractivity contribution in [2.24, 2.45) is 0 Å². The molecule has 1 aromatic carbocycles. The predicted molar refractivity (Wildman–Crippen MR) is 82.0 cm³/mol. The Bertz CT molecular complexity index is 546. The molecule has 0 saturated heterocycles. The molecular formula is C14H24N2O4S. The number of methoxy groups -OCH3 is 2. The van der Waals surface area contributed by atoms with Gasteiger partial charge in [0, 0.05) is 26.3 Å². The topological polar surface area (TPSA) is 76.7 Å². The molecule has 0 amide bonds. The molecule has 2 N–H and O–H groups in total. The molecule has 0 aliphatic carbocycles. The summed E-state index contributed by atoms with van der Waals surface area (Å²) in [5, 5.41) is 3.01. The van der Waals surface area contributed by atoms with Crippen LogP contribution in [0.4, 0.5) is 0 Å². The fourth-order valence-corrected chi connectivity index (χ4v) is 3.36. The second kappa shape index (κ2) is 8.33. The summed E-state index contributed by atoms with van der Waals surface area (Å²) in [5.41, 5.74) is 0.959. The number of benzene rings is 1. The lowest BCUT2D eigenvalue weighted by Crippen LogP contribution is -2.33. The number of sulfonamides is 1. The maximum atomic E-state index is 12.4. The number of ether oxygens (including phenoxy) is 2. The van der Waals surface area contributed by atoms with Gasteiger partial charge in [-0.05, 0) is 38.1 Å². The first kappa shape index (κ1) is 17.9. The Hall–Kier alpha value is -1.15. The van der Waals surface area contributed by atoms with Gasteiger partial charge >= 0.3 is 0 Å². The predicted octanol–water partition coefficient (Wildman–Crippen LogP) is 1.12. The first-order valence-electron chi connectivity index (χ1n) is 6.77. The normalized spacial score (nSPS) is 13.1. The molecule has 21 heavy (non-hydrogen) atoms. The fourth-order valence-electron chi connectivity index (χ4n) is 1.93. The van der Waals surface area contributed by atoms with Crippen LogP contribution < -0.4 is 14.8 Å². The van der Waals surface area contributed by atoms with E-state index in [4.69, 9.17) is 9.47 Å². The van der Waals surface area contributed by atoms with E-state index in [0.29, 0.717) is 25.3 Å². The molecule has 0 aliphatic heterocycles. The molecule has 0 radical (unpaired) electrons. The highest BCUT2D eigenvalue weighted by molar-refractivity contribution is 7.89. The Kier molecular flexibility index (Phi) is 7.10. The molecule has 1 unspecified atom stereocenters. The zero-order valence-corrected chi connectivity index (χ0v) is 13.8. The summed E-state index contributed by atoms with van der Waals surface area (Å²) in [6, 6.07) is 4.85. The van der Waals surface area contributed by atoms with Gasteiger partial charge in [0.15, 0.2) is 0 Å². The van der Waals surface area contributed by atoms with Gasteiger partial charge in [0.2, 0.25) is 10.0 Å². The van der Waals surface area contributed by atoms with Crippen molar-refractivity contribution >= 4 is 10.0 Å². The summed E-state index contributed by atoms with van der Waals surface area (Å²) in [4.78, 5) is 0.147. The van der Waals surface area contributed by atoms with Gasteiger partial charge in [0.05, 0.1) is 7.11 Å². The zero-order valence-electron chi connectivity index (χ0n) is 13.0. The number of hydrogen-bond acceptors (Lipinski definition) is 5. The monoisotopic (exact) mass is 316 g/mol. The van der Waals surface area contributed by atoms with Gasteiger partial charge in [-0.25, -0.2) is 13.1 Å². The van der Waals surface area contributed by atoms with Crippen molar-refractivity contribution in [1.29, 1.82) is 0 Å². The van der Waals surface area contributed by atoms with Gasteiger partial charge in [-0.3, -0.25) is 0 Å². The summed E-state index contributed by atoms with van der Waals surface area (Å²) in [6.07, 6.45) is 0.607. The highest BCUT2D eigenvalue weighted by Crippen LogP contribution is 2.25. The first-order chi connectivity index (χ1) is 9.94. The maximum Gasteiger partial charge on any atom is 0.244 e. The quantitative estimate of drug-likeness (QED) is 0.714. The van der Waals surface area contributed by atoms with Gasteiger partial charge in [-0.15, -0.1) is 0 Å². The summed E-state index contributed by atoms with van der Waals surface area (Å²) < 4.78 is 37.6. The lowest BCUT2D eigenvalue weighted by atomic mass is 10.2. The van der Waals surface area contributed by atoms with Crippen LogP contribution in [0, 0.1) is 0 Å². The second-order valence-electron chi connectivity index (χ2n) is 4.82. The molecule has 1 rings (SSSR count). The lowest BCUT2D eigenvalue weighted by Gasteiger charge is -2.16. The van der Waals surface area contributed by atoms with Gasteiger partial charge in [0.1, 0.15) is 10.6 Å². The third-order valence-electron chi connectivity index (χ3n) is 3.01. The third-order valence-corrected chi connectivity index (χ3v) is 4.64. The molecular weight excluding hydrogens is 292 g/mol. The third kappa shape index (κ3) is 5.28. The standard InChI is InChI=1S/C14H24N2O4S/c1-11(7-8-19-3)16-21(17,18)14-6-5-12(10-15-2)9-13(14)20-4/h5-6,9,11,15-16H,7-8,10H2,1-4H3. The highest BCUT2D eigenvalue weighted by atomic mass is 32.2. The Balaban J connectivity index is 2.96. The van der Waals surface area contributed by atoms with Gasteiger partial charge in [0.25, 0.3) is 0 Å². The Labute approximate surface area is 126 Å². The molecule has 0 saturated carbocycles. The van der Waals surface area contributed by atoms with Crippen LogP contribution in [0.1, 0.15) is 18.9 Å². The molecule has 0 bridgehead atoms. The van der Waals surface area contributed by atoms with E-state index in [2.05, 4.69) is 10.0 Å². The van der Waals surface area contributed by atoms with Gasteiger partial charge in [-0.2, -0.15) is 0 Å². The fraction of sp³-hybridized carbons (Fsp3) is 0.571. The van der Waals surface area contributed by atoms with Crippen LogP contribution in [0.25, 0.3) is 0 Å². The van der Waals surface area contributed by atoms with E-state index in [9.17, 15) is 8.42 Å². The van der Waals surface area contributed by atoms with Crippen molar-refractivity contribution in [1.82, 2.24) is 10.0 Å². The van der Waals surface area contributed by atoms with E-state index in [1.165, 1.54) is 7.11 Å². The molecule has 120 valence electrons. The maximum absolute atomic E-state index is 12.4. The van der Waals surface area contributed by atoms with Crippen molar-refractivity contribution < 1.29 is 17.9 Å². The van der Waals surface area contributed by atoms with E-state index < -0.39 is 10.0 Å². The number of hydrogen-bond donors (Lipinski definition) is 2. The molecule has 0 heterocycles. The molecule has 0 fully saturated rings. The van der Waals surface area contributed by atoms with Crippen LogP contribution in [0.3, 0.4) is 0 Å². The van der Waals surface area contributed by atoms with E-state index in [0.717, 1.165) is 5.56 Å². The van der Waals surface area contributed by atoms with Crippen molar-refractivity contribution in [2.75, 3.05) is 27.9 Å². The number of nitrogens with one attached hydrogen (secondary N) is 2. The molecule has 0 aromatic heterocycles. The van der Waals surface area contributed by atoms with Crippen molar-refractivity contribution in [2.45, 2.75) is 30.8 Å². The Morgan fingerprint density at radius 1 is 1.29 bits per heavy atom. The van der Waals surface area contributed by atoms with Crippen LogP contribution in [0.2, 0.25) is 0 Å². The zero-order chi connectivity index (χ0) is 15.9. The van der Waals surface area contributed by atoms with E-state index in [1.807, 2.05) is 7.05 Å². The van der Waals surface area contributed by atoms with E-state index in [1.54, 1.807) is 32.2 Å². The minimum atomic E-state index is -3.62. The molecule has 0 aliphatic rings. The van der Waals surface area contributed by atoms with Crippen LogP contribution in [-0.4, -0.2) is 42.3 Å². The van der Waals surface area contributed by atoms with Crippen LogP contribution in [0.5, 0.6) is 5.75 Å². The molecule has 6 nitrogen and oxygen atoms in total. The minimum Gasteiger partial charge on any atom is -0.495 e. The average Bonchev–Trinajstić information content (AvgIpc) is 2.44.